The number of nitrogens with zero attached hydrogens (tertiary/aromatic N) is 1. The van der Waals surface area contributed by atoms with Gasteiger partial charge in [-0.15, -0.1) is 0 Å². The lowest BCUT2D eigenvalue weighted by Gasteiger charge is -2.11. The van der Waals surface area contributed by atoms with Gasteiger partial charge in [0.15, 0.2) is 0 Å². The largest absolute Gasteiger partial charge is 0.366 e. The number of hydrogen-bond acceptors (Lipinski definition) is 3. The van der Waals surface area contributed by atoms with Gasteiger partial charge in [-0.05, 0) is 25.1 Å². The molecule has 1 aliphatic heterocycles. The zero-order valence-corrected chi connectivity index (χ0v) is 8.01. The van der Waals surface area contributed by atoms with E-state index in [9.17, 15) is 0 Å². The van der Waals surface area contributed by atoms with Crippen LogP contribution in [0.15, 0.2) is 18.3 Å². The van der Waals surface area contributed by atoms with Crippen molar-refractivity contribution in [2.75, 3.05) is 18.4 Å². The lowest BCUT2D eigenvalue weighted by atomic mass is 10.2. The molecule has 0 saturated carbocycles. The van der Waals surface area contributed by atoms with E-state index < -0.39 is 0 Å². The van der Waals surface area contributed by atoms with Crippen molar-refractivity contribution in [1.29, 1.82) is 0 Å². The highest BCUT2D eigenvalue weighted by Crippen LogP contribution is 2.12. The normalized spacial score (nSPS) is 21.8. The summed E-state index contributed by atoms with van der Waals surface area (Å²) in [6.07, 6.45) is 2.82. The van der Waals surface area contributed by atoms with Crippen LogP contribution in [0.1, 0.15) is 6.42 Å². The molecule has 0 unspecified atom stereocenters. The van der Waals surface area contributed by atoms with Crippen molar-refractivity contribution in [2.24, 2.45) is 0 Å². The van der Waals surface area contributed by atoms with Crippen LogP contribution >= 0.6 is 11.6 Å². The molecule has 0 radical (unpaired) electrons. The van der Waals surface area contributed by atoms with Crippen molar-refractivity contribution in [3.05, 3.63) is 23.4 Å². The van der Waals surface area contributed by atoms with Gasteiger partial charge in [-0.25, -0.2) is 4.98 Å². The average molecular weight is 198 g/mol. The van der Waals surface area contributed by atoms with Crippen LogP contribution in [0.3, 0.4) is 0 Å². The summed E-state index contributed by atoms with van der Waals surface area (Å²) in [4.78, 5) is 4.17. The molecule has 0 bridgehead atoms. The number of aromatic nitrogens is 1. The van der Waals surface area contributed by atoms with E-state index >= 15 is 0 Å². The van der Waals surface area contributed by atoms with Crippen LogP contribution in [0.5, 0.6) is 0 Å². The van der Waals surface area contributed by atoms with E-state index in [4.69, 9.17) is 11.6 Å². The molecular formula is C9H12ClN3. The third-order valence-corrected chi connectivity index (χ3v) is 2.36. The summed E-state index contributed by atoms with van der Waals surface area (Å²) in [5.41, 5.74) is 0. The monoisotopic (exact) mass is 197 g/mol. The summed E-state index contributed by atoms with van der Waals surface area (Å²) in [7, 11) is 0. The van der Waals surface area contributed by atoms with Gasteiger partial charge in [-0.3, -0.25) is 0 Å². The fraction of sp³-hybridized carbons (Fsp3) is 0.444. The SMILES string of the molecule is Clc1ccc(N[C@H]2CCNC2)nc1. The lowest BCUT2D eigenvalue weighted by molar-refractivity contribution is 0.788. The molecule has 13 heavy (non-hydrogen) atoms. The zero-order chi connectivity index (χ0) is 9.10. The summed E-state index contributed by atoms with van der Waals surface area (Å²) in [6, 6.07) is 4.26. The van der Waals surface area contributed by atoms with E-state index in [1.165, 1.54) is 0 Å². The molecule has 1 aromatic rings. The number of pyridine rings is 1. The minimum Gasteiger partial charge on any atom is -0.366 e. The topological polar surface area (TPSA) is 37.0 Å². The van der Waals surface area contributed by atoms with Crippen LogP contribution in [0.4, 0.5) is 5.82 Å². The second-order valence-corrected chi connectivity index (χ2v) is 3.63. The molecule has 2 heterocycles. The quantitative estimate of drug-likeness (QED) is 0.755. The molecule has 1 atom stereocenters. The van der Waals surface area contributed by atoms with Gasteiger partial charge in [-0.2, -0.15) is 0 Å². The molecule has 0 amide bonds. The molecular weight excluding hydrogens is 186 g/mol. The van der Waals surface area contributed by atoms with Crippen LogP contribution < -0.4 is 10.6 Å². The molecule has 4 heteroatoms. The van der Waals surface area contributed by atoms with Gasteiger partial charge in [0.05, 0.1) is 5.02 Å². The minimum atomic E-state index is 0.508. The Morgan fingerprint density at radius 3 is 3.08 bits per heavy atom. The van der Waals surface area contributed by atoms with Crippen molar-refractivity contribution in [1.82, 2.24) is 10.3 Å². The van der Waals surface area contributed by atoms with Gasteiger partial charge in [0.1, 0.15) is 5.82 Å². The van der Waals surface area contributed by atoms with Crippen molar-refractivity contribution < 1.29 is 0 Å². The van der Waals surface area contributed by atoms with Crippen molar-refractivity contribution in [3.8, 4) is 0 Å². The molecule has 0 spiro atoms. The van der Waals surface area contributed by atoms with Gasteiger partial charge in [0.2, 0.25) is 0 Å². The molecule has 1 saturated heterocycles. The van der Waals surface area contributed by atoms with Gasteiger partial charge in [0.25, 0.3) is 0 Å². The first-order valence-electron chi connectivity index (χ1n) is 4.43. The average Bonchev–Trinajstić information content (AvgIpc) is 2.62. The molecule has 1 aromatic heterocycles. The number of anilines is 1. The number of nitrogens with one attached hydrogen (secondary N) is 2. The van der Waals surface area contributed by atoms with Crippen molar-refractivity contribution in [3.63, 3.8) is 0 Å². The van der Waals surface area contributed by atoms with Crippen LogP contribution in [-0.4, -0.2) is 24.1 Å². The first-order valence-corrected chi connectivity index (χ1v) is 4.81. The summed E-state index contributed by atoms with van der Waals surface area (Å²) >= 11 is 5.73. The third kappa shape index (κ3) is 2.32. The molecule has 0 aliphatic carbocycles. The maximum Gasteiger partial charge on any atom is 0.126 e. The predicted octanol–water partition coefficient (Wildman–Crippen LogP) is 1.51. The Labute approximate surface area is 82.5 Å². The molecule has 70 valence electrons. The summed E-state index contributed by atoms with van der Waals surface area (Å²) in [6.45, 7) is 2.11. The van der Waals surface area contributed by atoms with Crippen LogP contribution in [0, 0.1) is 0 Å². The highest BCUT2D eigenvalue weighted by atomic mass is 35.5. The Hall–Kier alpha value is -0.800. The van der Waals surface area contributed by atoms with Crippen LogP contribution in [0.2, 0.25) is 5.02 Å². The second kappa shape index (κ2) is 3.94. The maximum absolute atomic E-state index is 5.73. The van der Waals surface area contributed by atoms with E-state index in [1.54, 1.807) is 6.20 Å². The Morgan fingerprint density at radius 1 is 1.54 bits per heavy atom. The van der Waals surface area contributed by atoms with Crippen LogP contribution in [-0.2, 0) is 0 Å². The van der Waals surface area contributed by atoms with Crippen molar-refractivity contribution in [2.45, 2.75) is 12.5 Å². The molecule has 2 N–H and O–H groups in total. The lowest BCUT2D eigenvalue weighted by Crippen LogP contribution is -2.22. The third-order valence-electron chi connectivity index (χ3n) is 2.14. The summed E-state index contributed by atoms with van der Waals surface area (Å²) < 4.78 is 0. The highest BCUT2D eigenvalue weighted by Gasteiger charge is 2.13. The molecule has 1 fully saturated rings. The standard InChI is InChI=1S/C9H12ClN3/c10-7-1-2-9(12-5-7)13-8-3-4-11-6-8/h1-2,5,8,11H,3-4,6H2,(H,12,13)/t8-/m0/s1. The van der Waals surface area contributed by atoms with Crippen LogP contribution in [0.25, 0.3) is 0 Å². The number of rotatable bonds is 2. The van der Waals surface area contributed by atoms with Crippen molar-refractivity contribution >= 4 is 17.4 Å². The number of halogens is 1. The summed E-state index contributed by atoms with van der Waals surface area (Å²) in [5.74, 6) is 0.901. The number of hydrogen-bond donors (Lipinski definition) is 2. The predicted molar refractivity (Wildman–Crippen MR) is 54.1 cm³/mol. The molecule has 0 aromatic carbocycles. The summed E-state index contributed by atoms with van der Waals surface area (Å²) in [5, 5.41) is 7.30. The van der Waals surface area contributed by atoms with E-state index in [2.05, 4.69) is 15.6 Å². The van der Waals surface area contributed by atoms with Gasteiger partial charge >= 0.3 is 0 Å². The molecule has 2 rings (SSSR count). The zero-order valence-electron chi connectivity index (χ0n) is 7.26. The first kappa shape index (κ1) is 8.78. The van der Waals surface area contributed by atoms with Gasteiger partial charge in [-0.1, -0.05) is 11.6 Å². The highest BCUT2D eigenvalue weighted by molar-refractivity contribution is 6.30. The minimum absolute atomic E-state index is 0.508. The first-order chi connectivity index (χ1) is 6.34. The second-order valence-electron chi connectivity index (χ2n) is 3.20. The Morgan fingerprint density at radius 2 is 2.46 bits per heavy atom. The fourth-order valence-corrected chi connectivity index (χ4v) is 1.56. The van der Waals surface area contributed by atoms with E-state index in [0.717, 1.165) is 25.3 Å². The van der Waals surface area contributed by atoms with Gasteiger partial charge in [0, 0.05) is 18.8 Å². The maximum atomic E-state index is 5.73. The Bertz CT molecular complexity index is 267. The fourth-order valence-electron chi connectivity index (χ4n) is 1.45. The molecule has 1 aliphatic rings. The van der Waals surface area contributed by atoms with E-state index in [-0.39, 0.29) is 0 Å². The Kier molecular flexibility index (Phi) is 2.66. The van der Waals surface area contributed by atoms with E-state index in [0.29, 0.717) is 11.1 Å². The van der Waals surface area contributed by atoms with E-state index in [1.807, 2.05) is 12.1 Å². The van der Waals surface area contributed by atoms with Gasteiger partial charge < -0.3 is 10.6 Å². The smallest absolute Gasteiger partial charge is 0.126 e. The molecule has 3 nitrogen and oxygen atoms in total. The Balaban J connectivity index is 1.97.